The van der Waals surface area contributed by atoms with Gasteiger partial charge in [-0.1, -0.05) is 30.3 Å². The third-order valence-corrected chi connectivity index (χ3v) is 7.33. The van der Waals surface area contributed by atoms with Crippen LogP contribution in [0.5, 0.6) is 5.75 Å². The number of aliphatic hydroxyl groups excluding tert-OH is 1. The van der Waals surface area contributed by atoms with E-state index in [1.54, 1.807) is 4.90 Å². The van der Waals surface area contributed by atoms with Gasteiger partial charge >= 0.3 is 0 Å². The number of ether oxygens (including phenoxy) is 2. The fourth-order valence-electron chi connectivity index (χ4n) is 5.30. The fraction of sp³-hybridized carbons (Fsp3) is 0.519. The molecule has 2 aromatic rings. The topological polar surface area (TPSA) is 65.5 Å². The number of nitrogens with zero attached hydrogens (tertiary/aromatic N) is 3. The molecule has 2 aromatic carbocycles. The summed E-state index contributed by atoms with van der Waals surface area (Å²) in [6, 6.07) is 14.7. The molecule has 3 aliphatic rings. The second-order valence-corrected chi connectivity index (χ2v) is 9.59. The second-order valence-electron chi connectivity index (χ2n) is 9.59. The van der Waals surface area contributed by atoms with E-state index in [9.17, 15) is 9.90 Å². The largest absolute Gasteiger partial charge is 0.491 e. The van der Waals surface area contributed by atoms with Gasteiger partial charge in [0, 0.05) is 45.3 Å². The minimum Gasteiger partial charge on any atom is -0.491 e. The highest BCUT2D eigenvalue weighted by atomic mass is 16.5. The van der Waals surface area contributed by atoms with Crippen molar-refractivity contribution in [3.63, 3.8) is 0 Å². The first-order chi connectivity index (χ1) is 16.6. The lowest BCUT2D eigenvalue weighted by molar-refractivity contribution is 0.0198. The monoisotopic (exact) mass is 465 g/mol. The van der Waals surface area contributed by atoms with Crippen molar-refractivity contribution in [2.75, 3.05) is 59.1 Å². The summed E-state index contributed by atoms with van der Waals surface area (Å²) in [7, 11) is 0. The van der Waals surface area contributed by atoms with E-state index in [0.29, 0.717) is 37.6 Å². The lowest BCUT2D eigenvalue weighted by Crippen LogP contribution is -2.44. The molecule has 3 aliphatic heterocycles. The maximum atomic E-state index is 13.3. The number of β-amino-alcohol motifs (C(OH)–C–C–N with tert-alkyl or cyclic N) is 1. The predicted octanol–water partition coefficient (Wildman–Crippen LogP) is 2.33. The number of fused-ring (bicyclic) bond motifs is 2. The first-order valence-corrected chi connectivity index (χ1v) is 12.4. The fourth-order valence-corrected chi connectivity index (χ4v) is 5.30. The molecule has 182 valence electrons. The van der Waals surface area contributed by atoms with Crippen LogP contribution in [-0.2, 0) is 17.7 Å². The van der Waals surface area contributed by atoms with Crippen molar-refractivity contribution in [1.29, 1.82) is 0 Å². The Balaban J connectivity index is 1.21. The van der Waals surface area contributed by atoms with E-state index in [1.165, 1.54) is 11.1 Å². The summed E-state index contributed by atoms with van der Waals surface area (Å²) in [5.74, 6) is 0.577. The number of rotatable bonds is 6. The zero-order valence-electron chi connectivity index (χ0n) is 20.0. The van der Waals surface area contributed by atoms with Crippen LogP contribution in [0.3, 0.4) is 0 Å². The molecule has 1 N–H and O–H groups in total. The molecule has 0 saturated carbocycles. The lowest BCUT2D eigenvalue weighted by atomic mass is 10.00. The summed E-state index contributed by atoms with van der Waals surface area (Å²) in [6.07, 6.45) is 0.397. The molecule has 7 nitrogen and oxygen atoms in total. The summed E-state index contributed by atoms with van der Waals surface area (Å²) < 4.78 is 11.5. The SMILES string of the molecule is CC(c1ccc2c(c1)OCCN(C[C@H](O)CN1CCc3ccccc3C1)C2=O)N1CCOCC1. The Morgan fingerprint density at radius 1 is 0.971 bits per heavy atom. The van der Waals surface area contributed by atoms with Gasteiger partial charge in [-0.3, -0.25) is 14.6 Å². The van der Waals surface area contributed by atoms with Gasteiger partial charge in [0.1, 0.15) is 12.4 Å². The third kappa shape index (κ3) is 5.13. The molecule has 34 heavy (non-hydrogen) atoms. The Morgan fingerprint density at radius 3 is 2.59 bits per heavy atom. The van der Waals surface area contributed by atoms with Crippen molar-refractivity contribution >= 4 is 5.91 Å². The second kappa shape index (κ2) is 10.4. The Kier molecular flexibility index (Phi) is 7.15. The molecular formula is C27H35N3O4. The maximum absolute atomic E-state index is 13.3. The number of morpholine rings is 1. The van der Waals surface area contributed by atoms with Crippen molar-refractivity contribution in [2.24, 2.45) is 0 Å². The van der Waals surface area contributed by atoms with Crippen LogP contribution in [0.15, 0.2) is 42.5 Å². The number of amides is 1. The van der Waals surface area contributed by atoms with Crippen LogP contribution in [0.4, 0.5) is 0 Å². The zero-order chi connectivity index (χ0) is 23.5. The maximum Gasteiger partial charge on any atom is 0.257 e. The summed E-state index contributed by atoms with van der Waals surface area (Å²) in [4.78, 5) is 19.7. The molecule has 0 aromatic heterocycles. The first kappa shape index (κ1) is 23.3. The van der Waals surface area contributed by atoms with Gasteiger partial charge in [-0.2, -0.15) is 0 Å². The van der Waals surface area contributed by atoms with Crippen molar-refractivity contribution in [2.45, 2.75) is 32.0 Å². The number of hydrogen-bond acceptors (Lipinski definition) is 6. The van der Waals surface area contributed by atoms with Gasteiger partial charge in [0.05, 0.1) is 31.4 Å². The molecule has 0 aliphatic carbocycles. The molecule has 1 saturated heterocycles. The van der Waals surface area contributed by atoms with Gasteiger partial charge in [0.15, 0.2) is 0 Å². The Hall–Kier alpha value is -2.45. The van der Waals surface area contributed by atoms with Gasteiger partial charge in [-0.15, -0.1) is 0 Å². The van der Waals surface area contributed by atoms with Gasteiger partial charge in [0.2, 0.25) is 0 Å². The van der Waals surface area contributed by atoms with E-state index in [0.717, 1.165) is 51.4 Å². The van der Waals surface area contributed by atoms with Crippen molar-refractivity contribution < 1.29 is 19.4 Å². The summed E-state index contributed by atoms with van der Waals surface area (Å²) in [5, 5.41) is 10.8. The minimum absolute atomic E-state index is 0.0684. The summed E-state index contributed by atoms with van der Waals surface area (Å²) >= 11 is 0. The smallest absolute Gasteiger partial charge is 0.257 e. The van der Waals surface area contributed by atoms with E-state index >= 15 is 0 Å². The van der Waals surface area contributed by atoms with Gasteiger partial charge < -0.3 is 19.5 Å². The highest BCUT2D eigenvalue weighted by Gasteiger charge is 2.28. The molecule has 1 unspecified atom stereocenters. The molecule has 3 heterocycles. The number of benzene rings is 2. The zero-order valence-corrected chi connectivity index (χ0v) is 20.0. The van der Waals surface area contributed by atoms with E-state index < -0.39 is 6.10 Å². The first-order valence-electron chi connectivity index (χ1n) is 12.4. The predicted molar refractivity (Wildman–Crippen MR) is 130 cm³/mol. The van der Waals surface area contributed by atoms with Crippen LogP contribution < -0.4 is 4.74 Å². The number of carbonyl (C=O) groups is 1. The van der Waals surface area contributed by atoms with Crippen molar-refractivity contribution in [3.05, 3.63) is 64.7 Å². The molecule has 1 amide bonds. The highest BCUT2D eigenvalue weighted by molar-refractivity contribution is 5.97. The number of aliphatic hydroxyl groups is 1. The van der Waals surface area contributed by atoms with E-state index in [4.69, 9.17) is 9.47 Å². The van der Waals surface area contributed by atoms with Gasteiger partial charge in [-0.25, -0.2) is 0 Å². The standard InChI is InChI=1S/C27H35N3O4/c1-20(29-10-13-33-14-11-29)22-6-7-25-26(16-22)34-15-12-30(27(25)32)19-24(31)18-28-9-8-21-4-2-3-5-23(21)17-28/h2-7,16,20,24,31H,8-15,17-19H2,1H3/t20?,24-/m1/s1. The van der Waals surface area contributed by atoms with Crippen LogP contribution >= 0.6 is 0 Å². The Bertz CT molecular complexity index is 1010. The summed E-state index contributed by atoms with van der Waals surface area (Å²) in [6.45, 7) is 9.06. The summed E-state index contributed by atoms with van der Waals surface area (Å²) in [5.41, 5.74) is 4.45. The average Bonchev–Trinajstić information content (AvgIpc) is 3.02. The number of hydrogen-bond donors (Lipinski definition) is 1. The van der Waals surface area contributed by atoms with Crippen molar-refractivity contribution in [3.8, 4) is 5.75 Å². The normalized spacial score (nSPS) is 21.2. The van der Waals surface area contributed by atoms with Crippen LogP contribution in [0, 0.1) is 0 Å². The Labute approximate surface area is 201 Å². The molecule has 1 fully saturated rings. The quantitative estimate of drug-likeness (QED) is 0.707. The van der Waals surface area contributed by atoms with E-state index in [1.807, 2.05) is 18.2 Å². The molecular weight excluding hydrogens is 430 g/mol. The minimum atomic E-state index is -0.601. The Morgan fingerprint density at radius 2 is 1.76 bits per heavy atom. The van der Waals surface area contributed by atoms with Crippen LogP contribution in [0.25, 0.3) is 0 Å². The van der Waals surface area contributed by atoms with Crippen LogP contribution in [0.2, 0.25) is 0 Å². The molecule has 0 radical (unpaired) electrons. The molecule has 7 heteroatoms. The van der Waals surface area contributed by atoms with E-state index in [2.05, 4.69) is 41.0 Å². The lowest BCUT2D eigenvalue weighted by Gasteiger charge is -2.32. The molecule has 0 spiro atoms. The highest BCUT2D eigenvalue weighted by Crippen LogP contribution is 2.30. The average molecular weight is 466 g/mol. The molecule has 0 bridgehead atoms. The molecule has 5 rings (SSSR count). The number of carbonyl (C=O) groups excluding carboxylic acids is 1. The third-order valence-electron chi connectivity index (χ3n) is 7.33. The van der Waals surface area contributed by atoms with Crippen LogP contribution in [0.1, 0.15) is 40.0 Å². The molecule has 2 atom stereocenters. The van der Waals surface area contributed by atoms with Gasteiger partial charge in [0.25, 0.3) is 5.91 Å². The van der Waals surface area contributed by atoms with Crippen molar-refractivity contribution in [1.82, 2.24) is 14.7 Å². The van der Waals surface area contributed by atoms with Crippen LogP contribution in [-0.4, -0.2) is 90.9 Å². The van der Waals surface area contributed by atoms with Gasteiger partial charge in [-0.05, 0) is 42.2 Å². The van der Waals surface area contributed by atoms with E-state index in [-0.39, 0.29) is 11.9 Å².